The summed E-state index contributed by atoms with van der Waals surface area (Å²) in [5, 5.41) is 1.11. The van der Waals surface area contributed by atoms with E-state index in [2.05, 4.69) is 226 Å². The van der Waals surface area contributed by atoms with Gasteiger partial charge in [-0.15, -0.1) is 0 Å². The highest BCUT2D eigenvalue weighted by atomic mass is 16.5. The van der Waals surface area contributed by atoms with Crippen molar-refractivity contribution in [2.75, 3.05) is 16.5 Å². The van der Waals surface area contributed by atoms with E-state index in [9.17, 15) is 2.74 Å². The van der Waals surface area contributed by atoms with E-state index in [0.717, 1.165) is 56.1 Å². The molecule has 0 atom stereocenters. The number of pyridine rings is 1. The van der Waals surface area contributed by atoms with E-state index in [4.69, 9.17) is 12.5 Å². The second-order valence-corrected chi connectivity index (χ2v) is 24.3. The van der Waals surface area contributed by atoms with Gasteiger partial charge >= 0.3 is 0 Å². The van der Waals surface area contributed by atoms with Crippen LogP contribution >= 0.6 is 0 Å². The summed E-state index contributed by atoms with van der Waals surface area (Å²) in [4.78, 5) is 9.76. The largest absolute Gasteiger partial charge is 0.457 e. The third kappa shape index (κ3) is 9.28. The van der Waals surface area contributed by atoms with Crippen molar-refractivity contribution in [2.45, 2.75) is 105 Å². The minimum absolute atomic E-state index is 0.0956. The van der Waals surface area contributed by atoms with Gasteiger partial charge in [0, 0.05) is 45.9 Å². The zero-order chi connectivity index (χ0) is 56.1. The van der Waals surface area contributed by atoms with Crippen molar-refractivity contribution in [1.82, 2.24) is 9.55 Å². The Morgan fingerprint density at radius 3 is 1.65 bits per heavy atom. The molecule has 5 heteroatoms. The van der Waals surface area contributed by atoms with Gasteiger partial charge in [-0.2, -0.15) is 0 Å². The number of hydrogen-bond acceptors (Lipinski definition) is 4. The average Bonchev–Trinajstić information content (AvgIpc) is 3.99. The van der Waals surface area contributed by atoms with Crippen LogP contribution < -0.4 is 14.5 Å². The van der Waals surface area contributed by atoms with Crippen LogP contribution in [0.4, 0.5) is 22.7 Å². The summed E-state index contributed by atoms with van der Waals surface area (Å²) < 4.78 is 45.1. The van der Waals surface area contributed by atoms with Gasteiger partial charge in [-0.05, 0) is 133 Å². The molecular formula is C70H70N4O. The third-order valence-electron chi connectivity index (χ3n) is 14.8. The van der Waals surface area contributed by atoms with Crippen LogP contribution in [0.1, 0.15) is 111 Å². The van der Waals surface area contributed by atoms with E-state index in [1.165, 1.54) is 22.3 Å². The molecule has 0 saturated heterocycles. The molecule has 11 rings (SSSR count). The van der Waals surface area contributed by atoms with Crippen LogP contribution in [0.2, 0.25) is 0 Å². The summed E-state index contributed by atoms with van der Waals surface area (Å²) in [6.07, 6.45) is 1.78. The molecule has 0 saturated carbocycles. The second-order valence-electron chi connectivity index (χ2n) is 24.3. The predicted octanol–water partition coefficient (Wildman–Crippen LogP) is 19.4. The number of rotatable bonds is 8. The number of para-hydroxylation sites is 3. The SMILES string of the molecule is [2H]c1c([2H])c([2H])c2c(c1[2H])c1ccc(Oc3cc(-c4c(C(C)(C)C)cccc4C(C)(C)C)cc(N4CN(c5c(-c6ccccc6)cc(C(C)(C)C)cc5-c5ccccc5)c5ccccc54)c3)cc1n2-c1cc(C(C)(C)C)ccn1. The van der Waals surface area contributed by atoms with Crippen molar-refractivity contribution in [2.24, 2.45) is 0 Å². The molecule has 0 N–H and O–H groups in total. The second kappa shape index (κ2) is 18.5. The zero-order valence-electron chi connectivity index (χ0n) is 49.6. The number of ether oxygens (including phenoxy) is 1. The van der Waals surface area contributed by atoms with E-state index >= 15 is 0 Å². The number of anilines is 4. The van der Waals surface area contributed by atoms with Gasteiger partial charge in [0.05, 0.1) is 33.6 Å². The van der Waals surface area contributed by atoms with Gasteiger partial charge in [0.2, 0.25) is 0 Å². The Hall–Kier alpha value is -7.89. The fraction of sp³-hybridized carbons (Fsp3) is 0.243. The molecule has 0 spiro atoms. The minimum Gasteiger partial charge on any atom is -0.457 e. The van der Waals surface area contributed by atoms with Gasteiger partial charge < -0.3 is 14.5 Å². The standard InChI is InChI=1S/C70H70N4O/c1-67(2,3)49-36-37-71-64(42-49)74-60-31-20-19-28-54(60)55-35-34-52(44-63(55)74)75-53-39-48(65-58(69(7,8)9)29-23-30-59(65)70(10,11)12)38-51(43-53)72-45-73(62-33-22-21-32-61(62)72)66-56(46-24-15-13-16-25-46)40-50(68(4,5)6)41-57(66)47-26-17-14-18-27-47/h13-44H,45H2,1-12H3/i19D,20D,28D,31D. The molecule has 1 aliphatic heterocycles. The fourth-order valence-corrected chi connectivity index (χ4v) is 10.9. The molecule has 0 amide bonds. The van der Waals surface area contributed by atoms with E-state index in [1.807, 2.05) is 34.9 Å². The molecular weight excluding hydrogens is 913 g/mol. The molecule has 0 fully saturated rings. The Kier molecular flexibility index (Phi) is 11.0. The van der Waals surface area contributed by atoms with Gasteiger partial charge in [0.15, 0.2) is 0 Å². The average molecular weight is 987 g/mol. The molecule has 3 heterocycles. The highest BCUT2D eigenvalue weighted by Crippen LogP contribution is 2.53. The monoisotopic (exact) mass is 987 g/mol. The maximum atomic E-state index is 9.28. The summed E-state index contributed by atoms with van der Waals surface area (Å²) in [5.41, 5.74) is 16.2. The first kappa shape index (κ1) is 44.6. The Morgan fingerprint density at radius 1 is 0.467 bits per heavy atom. The highest BCUT2D eigenvalue weighted by Gasteiger charge is 2.34. The lowest BCUT2D eigenvalue weighted by Crippen LogP contribution is -2.25. The van der Waals surface area contributed by atoms with E-state index in [1.54, 1.807) is 6.20 Å². The van der Waals surface area contributed by atoms with Gasteiger partial charge in [-0.1, -0.05) is 192 Å². The van der Waals surface area contributed by atoms with Crippen molar-refractivity contribution < 1.29 is 10.2 Å². The highest BCUT2D eigenvalue weighted by molar-refractivity contribution is 6.09. The summed E-state index contributed by atoms with van der Waals surface area (Å²) in [7, 11) is 0. The van der Waals surface area contributed by atoms with E-state index < -0.39 is 0 Å². The predicted molar refractivity (Wildman–Crippen MR) is 318 cm³/mol. The maximum absolute atomic E-state index is 9.28. The summed E-state index contributed by atoms with van der Waals surface area (Å²) in [5.74, 6) is 1.74. The number of hydrogen-bond donors (Lipinski definition) is 0. The van der Waals surface area contributed by atoms with Crippen molar-refractivity contribution in [3.63, 3.8) is 0 Å². The third-order valence-corrected chi connectivity index (χ3v) is 14.8. The van der Waals surface area contributed by atoms with Gasteiger partial charge in [-0.3, -0.25) is 4.57 Å². The normalized spacial score (nSPS) is 14.0. The molecule has 1 aliphatic rings. The first-order chi connectivity index (χ1) is 37.4. The van der Waals surface area contributed by atoms with Crippen molar-refractivity contribution in [3.8, 4) is 50.7 Å². The van der Waals surface area contributed by atoms with Crippen LogP contribution in [0, 0.1) is 0 Å². The number of fused-ring (bicyclic) bond motifs is 4. The Labute approximate surface area is 450 Å². The molecule has 376 valence electrons. The quantitative estimate of drug-likeness (QED) is 0.152. The van der Waals surface area contributed by atoms with Crippen molar-refractivity contribution in [3.05, 3.63) is 216 Å². The maximum Gasteiger partial charge on any atom is 0.137 e. The Balaban J connectivity index is 1.14. The molecule has 5 nitrogen and oxygen atoms in total. The van der Waals surface area contributed by atoms with Crippen LogP contribution in [-0.2, 0) is 21.7 Å². The topological polar surface area (TPSA) is 33.5 Å². The summed E-state index contributed by atoms with van der Waals surface area (Å²) in [6, 6.07) is 57.5. The van der Waals surface area contributed by atoms with Crippen molar-refractivity contribution >= 4 is 44.6 Å². The van der Waals surface area contributed by atoms with Crippen LogP contribution in [-0.4, -0.2) is 16.2 Å². The zero-order valence-corrected chi connectivity index (χ0v) is 45.6. The van der Waals surface area contributed by atoms with Gasteiger partial charge in [0.25, 0.3) is 0 Å². The summed E-state index contributed by atoms with van der Waals surface area (Å²) in [6.45, 7) is 27.5. The first-order valence-electron chi connectivity index (χ1n) is 28.3. The molecule has 2 aromatic heterocycles. The molecule has 10 aromatic rings. The number of benzene rings is 8. The van der Waals surface area contributed by atoms with Crippen LogP contribution in [0.3, 0.4) is 0 Å². The Bertz CT molecular complexity index is 3910. The van der Waals surface area contributed by atoms with E-state index in [-0.39, 0.29) is 45.8 Å². The molecule has 0 radical (unpaired) electrons. The number of nitrogens with zero attached hydrogens (tertiary/aromatic N) is 4. The van der Waals surface area contributed by atoms with Crippen molar-refractivity contribution in [1.29, 1.82) is 0 Å². The van der Waals surface area contributed by atoms with Crippen LogP contribution in [0.25, 0.3) is 61.0 Å². The number of aromatic nitrogens is 2. The van der Waals surface area contributed by atoms with Gasteiger partial charge in [0.1, 0.15) is 24.0 Å². The van der Waals surface area contributed by atoms with Crippen LogP contribution in [0.15, 0.2) is 194 Å². The smallest absolute Gasteiger partial charge is 0.137 e. The van der Waals surface area contributed by atoms with Crippen LogP contribution in [0.5, 0.6) is 11.5 Å². The molecule has 0 aliphatic carbocycles. The fourth-order valence-electron chi connectivity index (χ4n) is 10.9. The minimum atomic E-state index is -0.295. The Morgan fingerprint density at radius 2 is 1.05 bits per heavy atom. The molecule has 8 aromatic carbocycles. The lowest BCUT2D eigenvalue weighted by Gasteiger charge is -2.31. The lowest BCUT2D eigenvalue weighted by atomic mass is 9.74. The molecule has 0 unspecified atom stereocenters. The molecule has 0 bridgehead atoms. The first-order valence-corrected chi connectivity index (χ1v) is 26.3. The lowest BCUT2D eigenvalue weighted by molar-refractivity contribution is 0.483. The summed E-state index contributed by atoms with van der Waals surface area (Å²) >= 11 is 0. The molecule has 75 heavy (non-hydrogen) atoms. The van der Waals surface area contributed by atoms with E-state index in [0.29, 0.717) is 45.8 Å². The van der Waals surface area contributed by atoms with Gasteiger partial charge in [-0.25, -0.2) is 4.98 Å².